The normalized spacial score (nSPS) is 16.3. The molecule has 0 saturated heterocycles. The molecule has 0 aliphatic rings. The molecule has 0 aliphatic carbocycles. The fourth-order valence-corrected chi connectivity index (χ4v) is 1.71. The van der Waals surface area contributed by atoms with E-state index in [2.05, 4.69) is 18.9 Å². The molecule has 1 aromatic rings. The summed E-state index contributed by atoms with van der Waals surface area (Å²) in [7, 11) is 1.58. The maximum Gasteiger partial charge on any atom is 0.170 e. The van der Waals surface area contributed by atoms with E-state index in [0.717, 1.165) is 12.1 Å². The molecular weight excluding hydrogens is 228 g/mol. The Kier molecular flexibility index (Phi) is 5.08. The molecule has 0 aliphatic heterocycles. The summed E-state index contributed by atoms with van der Waals surface area (Å²) in [4.78, 5) is 12.2. The highest BCUT2D eigenvalue weighted by molar-refractivity contribution is 5.88. The monoisotopic (exact) mass is 252 g/mol. The fourth-order valence-electron chi connectivity index (χ4n) is 1.71. The number of nitrogens with zero attached hydrogens (tertiary/aromatic N) is 2. The molecule has 0 spiro atoms. The van der Waals surface area contributed by atoms with Crippen LogP contribution < -0.4 is 0 Å². The molecule has 18 heavy (non-hydrogen) atoms. The zero-order valence-electron chi connectivity index (χ0n) is 12.1. The predicted octanol–water partition coefficient (Wildman–Crippen LogP) is 2.78. The summed E-state index contributed by atoms with van der Waals surface area (Å²) in [6.45, 7) is 8.03. The van der Waals surface area contributed by atoms with Gasteiger partial charge in [0.05, 0.1) is 12.1 Å². The van der Waals surface area contributed by atoms with Gasteiger partial charge in [0.2, 0.25) is 0 Å². The van der Waals surface area contributed by atoms with Crippen LogP contribution in [0.5, 0.6) is 0 Å². The molecule has 0 bridgehead atoms. The first-order valence-electron chi connectivity index (χ1n) is 6.59. The van der Waals surface area contributed by atoms with Crippen molar-refractivity contribution in [1.82, 2.24) is 9.78 Å². The van der Waals surface area contributed by atoms with Gasteiger partial charge in [-0.1, -0.05) is 13.8 Å². The Morgan fingerprint density at radius 3 is 2.72 bits per heavy atom. The maximum absolute atomic E-state index is 12.2. The number of hydrogen-bond donors (Lipinski definition) is 0. The van der Waals surface area contributed by atoms with Gasteiger partial charge in [-0.2, -0.15) is 5.10 Å². The Bertz CT molecular complexity index is 394. The number of ether oxygens (including phenoxy) is 1. The summed E-state index contributed by atoms with van der Waals surface area (Å²) >= 11 is 0. The number of carbonyl (C=O) groups is 1. The van der Waals surface area contributed by atoms with Crippen LogP contribution in [0.2, 0.25) is 0 Å². The van der Waals surface area contributed by atoms with Crippen LogP contribution in [0, 0.1) is 0 Å². The van der Waals surface area contributed by atoms with Gasteiger partial charge in [-0.3, -0.25) is 9.48 Å². The van der Waals surface area contributed by atoms with Crippen LogP contribution in [0.3, 0.4) is 0 Å². The van der Waals surface area contributed by atoms with Crippen molar-refractivity contribution < 1.29 is 9.53 Å². The van der Waals surface area contributed by atoms with Gasteiger partial charge >= 0.3 is 0 Å². The summed E-state index contributed by atoms with van der Waals surface area (Å²) in [5, 5.41) is 4.44. The van der Waals surface area contributed by atoms with Crippen LogP contribution in [-0.4, -0.2) is 28.3 Å². The molecule has 0 fully saturated rings. The van der Waals surface area contributed by atoms with Gasteiger partial charge < -0.3 is 4.74 Å². The highest BCUT2D eigenvalue weighted by atomic mass is 16.5. The predicted molar refractivity (Wildman–Crippen MR) is 71.6 cm³/mol. The van der Waals surface area contributed by atoms with Gasteiger partial charge in [-0.05, 0) is 32.8 Å². The molecule has 4 nitrogen and oxygen atoms in total. The third-order valence-electron chi connectivity index (χ3n) is 3.76. The molecule has 0 saturated carbocycles. The molecule has 0 radical (unpaired) electrons. The quantitative estimate of drug-likeness (QED) is 0.749. The number of hydrogen-bond acceptors (Lipinski definition) is 3. The second-order valence-electron chi connectivity index (χ2n) is 4.93. The molecule has 0 aromatic carbocycles. The van der Waals surface area contributed by atoms with Crippen LogP contribution in [0.1, 0.15) is 52.3 Å². The van der Waals surface area contributed by atoms with Crippen molar-refractivity contribution in [1.29, 1.82) is 0 Å². The number of carbonyl (C=O) groups excluding carboxylic acids is 1. The molecule has 2 unspecified atom stereocenters. The molecule has 1 heterocycles. The van der Waals surface area contributed by atoms with Crippen LogP contribution >= 0.6 is 0 Å². The van der Waals surface area contributed by atoms with Gasteiger partial charge in [0.1, 0.15) is 5.60 Å². The molecular formula is C14H24N2O2. The summed E-state index contributed by atoms with van der Waals surface area (Å²) in [5.41, 5.74) is 0.122. The van der Waals surface area contributed by atoms with E-state index in [1.54, 1.807) is 7.11 Å². The second kappa shape index (κ2) is 6.14. The zero-order valence-corrected chi connectivity index (χ0v) is 12.1. The number of methoxy groups -OCH3 is 1. The third kappa shape index (κ3) is 3.19. The highest BCUT2D eigenvalue weighted by Gasteiger charge is 2.30. The van der Waals surface area contributed by atoms with Crippen LogP contribution in [0.25, 0.3) is 0 Å². The smallest absolute Gasteiger partial charge is 0.170 e. The van der Waals surface area contributed by atoms with Gasteiger partial charge in [0.15, 0.2) is 5.78 Å². The van der Waals surface area contributed by atoms with Crippen molar-refractivity contribution in [3.63, 3.8) is 0 Å². The van der Waals surface area contributed by atoms with Crippen molar-refractivity contribution in [2.75, 3.05) is 7.11 Å². The van der Waals surface area contributed by atoms with E-state index in [-0.39, 0.29) is 5.78 Å². The van der Waals surface area contributed by atoms with Crippen molar-refractivity contribution in [2.45, 2.75) is 58.6 Å². The van der Waals surface area contributed by atoms with Gasteiger partial charge in [0.25, 0.3) is 0 Å². The summed E-state index contributed by atoms with van der Waals surface area (Å²) < 4.78 is 7.23. The Morgan fingerprint density at radius 2 is 2.22 bits per heavy atom. The maximum atomic E-state index is 12.2. The van der Waals surface area contributed by atoms with E-state index in [1.165, 1.54) is 0 Å². The van der Waals surface area contributed by atoms with E-state index in [4.69, 9.17) is 4.74 Å². The lowest BCUT2D eigenvalue weighted by Crippen LogP contribution is -2.38. The molecule has 0 amide bonds. The minimum absolute atomic E-state index is 0.0851. The number of rotatable bonds is 7. The number of aromatic nitrogens is 2. The van der Waals surface area contributed by atoms with E-state index >= 15 is 0 Å². The van der Waals surface area contributed by atoms with E-state index in [9.17, 15) is 4.79 Å². The van der Waals surface area contributed by atoms with Crippen LogP contribution in [0.15, 0.2) is 12.3 Å². The molecule has 0 N–H and O–H groups in total. The average molecular weight is 252 g/mol. The lowest BCUT2D eigenvalue weighted by Gasteiger charge is -2.24. The molecule has 102 valence electrons. The summed E-state index contributed by atoms with van der Waals surface area (Å²) in [6.07, 6.45) is 3.97. The third-order valence-corrected chi connectivity index (χ3v) is 3.76. The van der Waals surface area contributed by atoms with Crippen molar-refractivity contribution in [3.8, 4) is 0 Å². The largest absolute Gasteiger partial charge is 0.371 e. The SMILES string of the molecule is CCC(C)n1ccc(CC(=O)C(C)(CC)OC)n1. The van der Waals surface area contributed by atoms with E-state index in [1.807, 2.05) is 30.8 Å². The van der Waals surface area contributed by atoms with Crippen molar-refractivity contribution in [2.24, 2.45) is 0 Å². The van der Waals surface area contributed by atoms with Gasteiger partial charge in [-0.25, -0.2) is 0 Å². The lowest BCUT2D eigenvalue weighted by molar-refractivity contribution is -0.138. The van der Waals surface area contributed by atoms with E-state index < -0.39 is 5.60 Å². The molecule has 1 aromatic heterocycles. The second-order valence-corrected chi connectivity index (χ2v) is 4.93. The Hall–Kier alpha value is -1.16. The first-order valence-corrected chi connectivity index (χ1v) is 6.59. The molecule has 4 heteroatoms. The minimum atomic E-state index is -0.694. The van der Waals surface area contributed by atoms with Crippen LogP contribution in [0.4, 0.5) is 0 Å². The minimum Gasteiger partial charge on any atom is -0.371 e. The first-order chi connectivity index (χ1) is 8.46. The number of ketones is 1. The number of Topliss-reactive ketones (excluding diaryl/α,β-unsaturated/α-hetero) is 1. The van der Waals surface area contributed by atoms with E-state index in [0.29, 0.717) is 18.9 Å². The average Bonchev–Trinajstić information content (AvgIpc) is 2.85. The van der Waals surface area contributed by atoms with Crippen molar-refractivity contribution in [3.05, 3.63) is 18.0 Å². The van der Waals surface area contributed by atoms with Crippen LogP contribution in [-0.2, 0) is 16.0 Å². The molecule has 2 atom stereocenters. The van der Waals surface area contributed by atoms with Gasteiger partial charge in [-0.15, -0.1) is 0 Å². The Labute approximate surface area is 109 Å². The summed E-state index contributed by atoms with van der Waals surface area (Å²) in [6, 6.07) is 2.28. The topological polar surface area (TPSA) is 44.1 Å². The Balaban J connectivity index is 2.73. The van der Waals surface area contributed by atoms with Gasteiger partial charge in [0, 0.05) is 19.3 Å². The lowest BCUT2D eigenvalue weighted by atomic mass is 9.94. The highest BCUT2D eigenvalue weighted by Crippen LogP contribution is 2.18. The Morgan fingerprint density at radius 1 is 1.56 bits per heavy atom. The fraction of sp³-hybridized carbons (Fsp3) is 0.714. The first kappa shape index (κ1) is 14.9. The zero-order chi connectivity index (χ0) is 13.8. The summed E-state index contributed by atoms with van der Waals surface area (Å²) in [5.74, 6) is 0.0851. The standard InChI is InChI=1S/C14H24N2O2/c1-6-11(3)16-9-8-12(15-16)10-13(17)14(4,7-2)18-5/h8-9,11H,6-7,10H2,1-5H3. The molecule has 1 rings (SSSR count). The van der Waals surface area contributed by atoms with Crippen molar-refractivity contribution >= 4 is 5.78 Å².